The maximum atomic E-state index is 13.1. The topological polar surface area (TPSA) is 69.4 Å². The standard InChI is InChI=1S/C9H5ClF3NO4/c10-9(12,13)8(15)18-4-5-3-6(14(16)17)1-2-7(5)11/h1-3H,4H2. The van der Waals surface area contributed by atoms with Crippen LogP contribution in [-0.4, -0.2) is 16.3 Å². The van der Waals surface area contributed by atoms with E-state index in [-0.39, 0.29) is 0 Å². The molecule has 0 aliphatic heterocycles. The molecule has 0 atom stereocenters. The van der Waals surface area contributed by atoms with Crippen LogP contribution >= 0.6 is 11.6 Å². The molecule has 0 aromatic heterocycles. The van der Waals surface area contributed by atoms with Crippen LogP contribution in [0.4, 0.5) is 18.9 Å². The zero-order valence-corrected chi connectivity index (χ0v) is 9.29. The summed E-state index contributed by atoms with van der Waals surface area (Å²) in [7, 11) is 0. The molecule has 98 valence electrons. The van der Waals surface area contributed by atoms with Gasteiger partial charge in [-0.05, 0) is 17.7 Å². The minimum Gasteiger partial charge on any atom is -0.455 e. The number of hydrogen-bond acceptors (Lipinski definition) is 4. The fraction of sp³-hybridized carbons (Fsp3) is 0.222. The average Bonchev–Trinajstić information content (AvgIpc) is 2.25. The van der Waals surface area contributed by atoms with Crippen molar-refractivity contribution in [3.05, 3.63) is 39.7 Å². The Balaban J connectivity index is 2.82. The summed E-state index contributed by atoms with van der Waals surface area (Å²) >= 11 is 4.36. The molecule has 9 heteroatoms. The number of non-ortho nitro benzene ring substituents is 1. The normalized spacial score (nSPS) is 11.1. The molecule has 0 fully saturated rings. The molecule has 0 amide bonds. The fourth-order valence-electron chi connectivity index (χ4n) is 1.01. The first-order chi connectivity index (χ1) is 8.21. The van der Waals surface area contributed by atoms with Gasteiger partial charge in [-0.3, -0.25) is 10.1 Å². The van der Waals surface area contributed by atoms with Crippen molar-refractivity contribution in [3.8, 4) is 0 Å². The average molecular weight is 284 g/mol. The van der Waals surface area contributed by atoms with Crippen LogP contribution in [0.1, 0.15) is 5.56 Å². The molecule has 18 heavy (non-hydrogen) atoms. The summed E-state index contributed by atoms with van der Waals surface area (Å²) in [6, 6.07) is 2.42. The van der Waals surface area contributed by atoms with Gasteiger partial charge < -0.3 is 4.74 Å². The molecule has 0 radical (unpaired) electrons. The largest absolute Gasteiger partial charge is 0.455 e. The van der Waals surface area contributed by atoms with Crippen molar-refractivity contribution < 1.29 is 27.6 Å². The number of rotatable bonds is 4. The molecule has 0 unspecified atom stereocenters. The molecule has 1 rings (SSSR count). The van der Waals surface area contributed by atoms with E-state index in [1.807, 2.05) is 0 Å². The number of benzene rings is 1. The molecular weight excluding hydrogens is 279 g/mol. The molecule has 5 nitrogen and oxygen atoms in total. The number of nitro benzene ring substituents is 1. The first kappa shape index (κ1) is 14.2. The Morgan fingerprint density at radius 2 is 2.11 bits per heavy atom. The van der Waals surface area contributed by atoms with Gasteiger partial charge in [0.2, 0.25) is 0 Å². The van der Waals surface area contributed by atoms with Crippen molar-refractivity contribution in [1.29, 1.82) is 0 Å². The van der Waals surface area contributed by atoms with E-state index in [9.17, 15) is 28.1 Å². The Hall–Kier alpha value is -1.83. The van der Waals surface area contributed by atoms with Crippen LogP contribution in [0.3, 0.4) is 0 Å². The Morgan fingerprint density at radius 3 is 2.61 bits per heavy atom. The number of halogens is 4. The smallest absolute Gasteiger partial charge is 0.417 e. The summed E-state index contributed by atoms with van der Waals surface area (Å²) in [4.78, 5) is 20.2. The molecule has 0 saturated heterocycles. The number of alkyl halides is 3. The van der Waals surface area contributed by atoms with Crippen LogP contribution in [0.2, 0.25) is 0 Å². The number of nitrogens with zero attached hydrogens (tertiary/aromatic N) is 1. The van der Waals surface area contributed by atoms with Gasteiger partial charge >= 0.3 is 11.4 Å². The SMILES string of the molecule is O=C(OCc1cc([N+](=O)[O-])ccc1F)C(F)(F)Cl. The monoisotopic (exact) mass is 283 g/mol. The van der Waals surface area contributed by atoms with Gasteiger partial charge in [-0.15, -0.1) is 0 Å². The lowest BCUT2D eigenvalue weighted by Gasteiger charge is -2.08. The lowest BCUT2D eigenvalue weighted by Crippen LogP contribution is -2.24. The predicted molar refractivity (Wildman–Crippen MR) is 53.7 cm³/mol. The third kappa shape index (κ3) is 3.59. The summed E-state index contributed by atoms with van der Waals surface area (Å²) in [5.74, 6) is -2.98. The van der Waals surface area contributed by atoms with Crippen LogP contribution in [0.5, 0.6) is 0 Å². The second kappa shape index (κ2) is 5.21. The van der Waals surface area contributed by atoms with Crippen LogP contribution in [0.25, 0.3) is 0 Å². The van der Waals surface area contributed by atoms with Gasteiger partial charge in [0, 0.05) is 17.7 Å². The minimum atomic E-state index is -4.23. The number of ether oxygens (including phenoxy) is 1. The van der Waals surface area contributed by atoms with Gasteiger partial charge in [-0.2, -0.15) is 8.78 Å². The number of carbonyl (C=O) groups is 1. The van der Waals surface area contributed by atoms with Gasteiger partial charge in [-0.25, -0.2) is 9.18 Å². The molecule has 1 aromatic rings. The Kier molecular flexibility index (Phi) is 4.12. The highest BCUT2D eigenvalue weighted by Crippen LogP contribution is 2.22. The molecule has 0 bridgehead atoms. The number of esters is 1. The summed E-state index contributed by atoms with van der Waals surface area (Å²) in [5, 5.41) is 6.17. The van der Waals surface area contributed by atoms with Gasteiger partial charge in [0.15, 0.2) is 0 Å². The van der Waals surface area contributed by atoms with Crippen LogP contribution < -0.4 is 0 Å². The Morgan fingerprint density at radius 1 is 1.50 bits per heavy atom. The lowest BCUT2D eigenvalue weighted by molar-refractivity contribution is -0.385. The highest BCUT2D eigenvalue weighted by Gasteiger charge is 2.38. The number of carbonyl (C=O) groups excluding carboxylic acids is 1. The maximum Gasteiger partial charge on any atom is 0.417 e. The molecular formula is C9H5ClF3NO4. The maximum absolute atomic E-state index is 13.1. The number of nitro groups is 1. The molecule has 0 aliphatic carbocycles. The van der Waals surface area contributed by atoms with E-state index in [0.717, 1.165) is 18.2 Å². The van der Waals surface area contributed by atoms with E-state index in [2.05, 4.69) is 16.3 Å². The fourth-order valence-corrected chi connectivity index (χ4v) is 1.07. The predicted octanol–water partition coefficient (Wildman–Crippen LogP) is 2.61. The van der Waals surface area contributed by atoms with Crippen LogP contribution in [-0.2, 0) is 16.1 Å². The molecule has 0 aliphatic rings. The highest BCUT2D eigenvalue weighted by molar-refractivity contribution is 6.31. The van der Waals surface area contributed by atoms with Crippen molar-refractivity contribution in [2.24, 2.45) is 0 Å². The molecule has 0 N–H and O–H groups in total. The van der Waals surface area contributed by atoms with Gasteiger partial charge in [-0.1, -0.05) is 0 Å². The van der Waals surface area contributed by atoms with Crippen LogP contribution in [0.15, 0.2) is 18.2 Å². The summed E-state index contributed by atoms with van der Waals surface area (Å²) in [6.07, 6.45) is 0. The quantitative estimate of drug-likeness (QED) is 0.369. The third-order valence-electron chi connectivity index (χ3n) is 1.83. The molecule has 0 saturated carbocycles. The van der Waals surface area contributed by atoms with Crippen molar-refractivity contribution in [2.45, 2.75) is 12.0 Å². The van der Waals surface area contributed by atoms with E-state index in [0.29, 0.717) is 0 Å². The summed E-state index contributed by atoms with van der Waals surface area (Å²) in [5.41, 5.74) is -0.862. The van der Waals surface area contributed by atoms with E-state index in [1.54, 1.807) is 0 Å². The van der Waals surface area contributed by atoms with Gasteiger partial charge in [0.1, 0.15) is 12.4 Å². The number of hydrogen-bond donors (Lipinski definition) is 0. The highest BCUT2D eigenvalue weighted by atomic mass is 35.5. The summed E-state index contributed by atoms with van der Waals surface area (Å²) < 4.78 is 41.6. The Bertz CT molecular complexity index is 489. The zero-order chi connectivity index (χ0) is 13.9. The van der Waals surface area contributed by atoms with E-state index >= 15 is 0 Å². The van der Waals surface area contributed by atoms with E-state index < -0.39 is 39.9 Å². The zero-order valence-electron chi connectivity index (χ0n) is 8.53. The first-order valence-corrected chi connectivity index (χ1v) is 4.76. The molecule has 0 heterocycles. The minimum absolute atomic E-state index is 0.404. The van der Waals surface area contributed by atoms with Crippen molar-refractivity contribution >= 4 is 23.3 Å². The Labute approximate surface area is 103 Å². The van der Waals surface area contributed by atoms with E-state index in [1.165, 1.54) is 0 Å². The first-order valence-electron chi connectivity index (χ1n) is 4.38. The van der Waals surface area contributed by atoms with E-state index in [4.69, 9.17) is 0 Å². The molecule has 1 aromatic carbocycles. The van der Waals surface area contributed by atoms with Crippen LogP contribution in [0, 0.1) is 15.9 Å². The third-order valence-corrected chi connectivity index (χ3v) is 1.98. The van der Waals surface area contributed by atoms with Crippen molar-refractivity contribution in [2.75, 3.05) is 0 Å². The molecule has 0 spiro atoms. The van der Waals surface area contributed by atoms with Crippen molar-refractivity contribution in [3.63, 3.8) is 0 Å². The van der Waals surface area contributed by atoms with Gasteiger partial charge in [0.25, 0.3) is 5.69 Å². The second-order valence-electron chi connectivity index (χ2n) is 3.11. The second-order valence-corrected chi connectivity index (χ2v) is 3.58. The van der Waals surface area contributed by atoms with Gasteiger partial charge in [0.05, 0.1) is 4.92 Å². The lowest BCUT2D eigenvalue weighted by atomic mass is 10.2. The summed E-state index contributed by atoms with van der Waals surface area (Å²) in [6.45, 7) is -0.880. The van der Waals surface area contributed by atoms with Crippen molar-refractivity contribution in [1.82, 2.24) is 0 Å².